The number of rotatable bonds is 3. The third-order valence-electron chi connectivity index (χ3n) is 4.06. The van der Waals surface area contributed by atoms with Crippen molar-refractivity contribution in [2.24, 2.45) is 11.3 Å². The normalized spacial score (nSPS) is 35.8. The van der Waals surface area contributed by atoms with Gasteiger partial charge in [-0.2, -0.15) is 0 Å². The average Bonchev–Trinajstić information content (AvgIpc) is 2.86. The highest BCUT2D eigenvalue weighted by Crippen LogP contribution is 2.52. The summed E-state index contributed by atoms with van der Waals surface area (Å²) in [6.07, 6.45) is 3.56. The van der Waals surface area contributed by atoms with E-state index in [1.54, 1.807) is 11.3 Å². The van der Waals surface area contributed by atoms with Crippen LogP contribution < -0.4 is 5.32 Å². The van der Waals surface area contributed by atoms with E-state index in [0.29, 0.717) is 12.1 Å². The van der Waals surface area contributed by atoms with Crippen LogP contribution in [0.5, 0.6) is 0 Å². The molecule has 1 aromatic rings. The molecule has 2 aliphatic rings. The van der Waals surface area contributed by atoms with Gasteiger partial charge in [0.15, 0.2) is 0 Å². The maximum Gasteiger partial charge on any atom is 0.106 e. The van der Waals surface area contributed by atoms with Crippen molar-refractivity contribution in [2.45, 2.75) is 39.0 Å². The van der Waals surface area contributed by atoms with E-state index in [1.807, 2.05) is 11.6 Å². The minimum Gasteiger partial charge on any atom is -0.377 e. The summed E-state index contributed by atoms with van der Waals surface area (Å²) in [7, 11) is 0. The van der Waals surface area contributed by atoms with Gasteiger partial charge in [-0.15, -0.1) is 11.3 Å². The lowest BCUT2D eigenvalue weighted by Gasteiger charge is -2.54. The summed E-state index contributed by atoms with van der Waals surface area (Å²) in [5, 5.41) is 6.86. The van der Waals surface area contributed by atoms with E-state index in [1.165, 1.54) is 11.4 Å². The van der Waals surface area contributed by atoms with Crippen LogP contribution in [0, 0.1) is 11.3 Å². The molecule has 1 aliphatic heterocycles. The van der Waals surface area contributed by atoms with Crippen molar-refractivity contribution in [1.82, 2.24) is 10.3 Å². The Morgan fingerprint density at radius 2 is 2.50 bits per heavy atom. The van der Waals surface area contributed by atoms with Gasteiger partial charge in [0.25, 0.3) is 0 Å². The fraction of sp³-hybridized carbons (Fsp3) is 0.750. The quantitative estimate of drug-likeness (QED) is 0.875. The van der Waals surface area contributed by atoms with Gasteiger partial charge in [0.2, 0.25) is 0 Å². The van der Waals surface area contributed by atoms with E-state index in [2.05, 4.69) is 24.1 Å². The molecule has 3 rings (SSSR count). The highest BCUT2D eigenvalue weighted by atomic mass is 32.1. The molecule has 1 saturated heterocycles. The summed E-state index contributed by atoms with van der Waals surface area (Å²) in [4.78, 5) is 4.30. The Balaban J connectivity index is 1.63. The molecule has 1 aromatic heterocycles. The standard InChI is InChI=1S/C12H18N2OS/c1-12(2)10(8-3-5-15-11(8)12)14-7-9-13-4-6-16-9/h4,6,8,10-11,14H,3,5,7H2,1-2H3. The highest BCUT2D eigenvalue weighted by Gasteiger charge is 2.58. The number of fused-ring (bicyclic) bond motifs is 1. The minimum atomic E-state index is 0.276. The fourth-order valence-corrected chi connectivity index (χ4v) is 3.84. The molecule has 2 heterocycles. The summed E-state index contributed by atoms with van der Waals surface area (Å²) in [6.45, 7) is 6.45. The van der Waals surface area contributed by atoms with Crippen molar-refractivity contribution in [3.63, 3.8) is 0 Å². The Labute approximate surface area is 100 Å². The minimum absolute atomic E-state index is 0.276. The third kappa shape index (κ3) is 1.51. The van der Waals surface area contributed by atoms with Gasteiger partial charge < -0.3 is 10.1 Å². The molecule has 0 spiro atoms. The van der Waals surface area contributed by atoms with Crippen LogP contribution in [0.2, 0.25) is 0 Å². The lowest BCUT2D eigenvalue weighted by molar-refractivity contribution is -0.113. The first-order valence-electron chi connectivity index (χ1n) is 5.93. The lowest BCUT2D eigenvalue weighted by Crippen LogP contribution is -2.65. The molecule has 16 heavy (non-hydrogen) atoms. The second-order valence-electron chi connectivity index (χ2n) is 5.35. The number of aromatic nitrogens is 1. The molecular weight excluding hydrogens is 220 g/mol. The van der Waals surface area contributed by atoms with Gasteiger partial charge in [-0.3, -0.25) is 0 Å². The molecule has 1 aliphatic carbocycles. The molecule has 0 aromatic carbocycles. The molecule has 1 saturated carbocycles. The zero-order chi connectivity index (χ0) is 11.2. The van der Waals surface area contributed by atoms with Crippen LogP contribution in [-0.4, -0.2) is 23.7 Å². The van der Waals surface area contributed by atoms with E-state index in [9.17, 15) is 0 Å². The van der Waals surface area contributed by atoms with Crippen LogP contribution in [0.25, 0.3) is 0 Å². The van der Waals surface area contributed by atoms with Gasteiger partial charge in [-0.25, -0.2) is 4.98 Å². The van der Waals surface area contributed by atoms with E-state index >= 15 is 0 Å². The monoisotopic (exact) mass is 238 g/mol. The van der Waals surface area contributed by atoms with Crippen LogP contribution in [0.1, 0.15) is 25.3 Å². The maximum absolute atomic E-state index is 5.78. The van der Waals surface area contributed by atoms with Crippen molar-refractivity contribution in [3.8, 4) is 0 Å². The lowest BCUT2D eigenvalue weighted by atomic mass is 9.57. The summed E-state index contributed by atoms with van der Waals surface area (Å²) in [5.74, 6) is 0.718. The second kappa shape index (κ2) is 3.79. The first-order valence-corrected chi connectivity index (χ1v) is 6.81. The Hall–Kier alpha value is -0.450. The summed E-state index contributed by atoms with van der Waals surface area (Å²) in [5.41, 5.74) is 0.276. The predicted octanol–water partition coefficient (Wildman–Crippen LogP) is 2.05. The molecule has 3 unspecified atom stereocenters. The van der Waals surface area contributed by atoms with Gasteiger partial charge in [-0.1, -0.05) is 13.8 Å². The molecule has 1 N–H and O–H groups in total. The molecule has 3 nitrogen and oxygen atoms in total. The van der Waals surface area contributed by atoms with Gasteiger partial charge in [0.05, 0.1) is 6.10 Å². The molecule has 88 valence electrons. The van der Waals surface area contributed by atoms with Gasteiger partial charge in [0, 0.05) is 42.1 Å². The Kier molecular flexibility index (Phi) is 2.53. The first-order chi connectivity index (χ1) is 7.69. The number of hydrogen-bond donors (Lipinski definition) is 1. The molecule has 2 fully saturated rings. The molecule has 0 bridgehead atoms. The van der Waals surface area contributed by atoms with Gasteiger partial charge in [0.1, 0.15) is 5.01 Å². The molecule has 3 atom stereocenters. The number of ether oxygens (including phenoxy) is 1. The predicted molar refractivity (Wildman–Crippen MR) is 64.4 cm³/mol. The summed E-state index contributed by atoms with van der Waals surface area (Å²) < 4.78 is 5.78. The Morgan fingerprint density at radius 3 is 3.25 bits per heavy atom. The van der Waals surface area contributed by atoms with Crippen LogP contribution >= 0.6 is 11.3 Å². The van der Waals surface area contributed by atoms with Gasteiger partial charge in [-0.05, 0) is 6.42 Å². The van der Waals surface area contributed by atoms with E-state index in [4.69, 9.17) is 4.74 Å². The zero-order valence-electron chi connectivity index (χ0n) is 9.77. The fourth-order valence-electron chi connectivity index (χ4n) is 3.28. The van der Waals surface area contributed by atoms with Crippen molar-refractivity contribution in [1.29, 1.82) is 0 Å². The largest absolute Gasteiger partial charge is 0.377 e. The van der Waals surface area contributed by atoms with E-state index in [0.717, 1.165) is 19.1 Å². The van der Waals surface area contributed by atoms with E-state index < -0.39 is 0 Å². The van der Waals surface area contributed by atoms with Crippen molar-refractivity contribution in [2.75, 3.05) is 6.61 Å². The van der Waals surface area contributed by atoms with Crippen molar-refractivity contribution >= 4 is 11.3 Å². The van der Waals surface area contributed by atoms with Crippen LogP contribution in [-0.2, 0) is 11.3 Å². The summed E-state index contributed by atoms with van der Waals surface area (Å²) >= 11 is 1.72. The zero-order valence-corrected chi connectivity index (χ0v) is 10.6. The molecule has 0 amide bonds. The van der Waals surface area contributed by atoms with E-state index in [-0.39, 0.29) is 5.41 Å². The van der Waals surface area contributed by atoms with Crippen LogP contribution in [0.15, 0.2) is 11.6 Å². The molecule has 4 heteroatoms. The number of nitrogens with zero attached hydrogens (tertiary/aromatic N) is 1. The van der Waals surface area contributed by atoms with Crippen LogP contribution in [0.3, 0.4) is 0 Å². The van der Waals surface area contributed by atoms with Crippen molar-refractivity contribution < 1.29 is 4.74 Å². The Bertz CT molecular complexity index is 363. The number of thiazole rings is 1. The second-order valence-corrected chi connectivity index (χ2v) is 6.33. The SMILES string of the molecule is CC1(C)C(NCc2nccs2)C2CCOC21. The average molecular weight is 238 g/mol. The van der Waals surface area contributed by atoms with Crippen molar-refractivity contribution in [3.05, 3.63) is 16.6 Å². The smallest absolute Gasteiger partial charge is 0.106 e. The topological polar surface area (TPSA) is 34.2 Å². The summed E-state index contributed by atoms with van der Waals surface area (Å²) in [6, 6.07) is 0.587. The number of nitrogens with one attached hydrogen (secondary N) is 1. The number of hydrogen-bond acceptors (Lipinski definition) is 4. The maximum atomic E-state index is 5.78. The first kappa shape index (κ1) is 10.7. The van der Waals surface area contributed by atoms with Crippen LogP contribution in [0.4, 0.5) is 0 Å². The molecule has 0 radical (unpaired) electrons. The molecular formula is C12H18N2OS. The third-order valence-corrected chi connectivity index (χ3v) is 4.84. The van der Waals surface area contributed by atoms with Gasteiger partial charge >= 0.3 is 0 Å². The Morgan fingerprint density at radius 1 is 1.62 bits per heavy atom. The highest BCUT2D eigenvalue weighted by molar-refractivity contribution is 7.09.